The van der Waals surface area contributed by atoms with Crippen molar-refractivity contribution in [2.24, 2.45) is 0 Å². The third-order valence-corrected chi connectivity index (χ3v) is 3.33. The lowest BCUT2D eigenvalue weighted by Crippen LogP contribution is -2.37. The molecule has 11 heteroatoms. The number of nitrogens with one attached hydrogen (secondary N) is 1. The molecule has 25 heavy (non-hydrogen) atoms. The van der Waals surface area contributed by atoms with E-state index in [1.807, 2.05) is 4.98 Å². The van der Waals surface area contributed by atoms with Crippen molar-refractivity contribution in [2.75, 3.05) is 6.61 Å². The van der Waals surface area contributed by atoms with E-state index in [0.29, 0.717) is 0 Å². The minimum absolute atomic E-state index is 0.0463. The minimum Gasteiger partial charge on any atom is -0.481 e. The molecule has 0 aliphatic carbocycles. The number of aliphatic hydroxyl groups is 3. The van der Waals surface area contributed by atoms with Crippen LogP contribution in [0.4, 0.5) is 0 Å². The van der Waals surface area contributed by atoms with Crippen molar-refractivity contribution in [3.05, 3.63) is 33.1 Å². The molecule has 11 nitrogen and oxygen atoms in total. The Balaban J connectivity index is 0.000000333. The molecule has 4 atom stereocenters. The van der Waals surface area contributed by atoms with Crippen molar-refractivity contribution in [1.82, 2.24) is 9.55 Å². The highest BCUT2D eigenvalue weighted by Crippen LogP contribution is 2.27. The van der Waals surface area contributed by atoms with E-state index in [-0.39, 0.29) is 18.6 Å². The zero-order chi connectivity index (χ0) is 19.1. The standard InChI is InChI=1S/C9H12N2O6.C5H8O3/c12-3-4-6(14)7(15)8(17-4)11-2-1-5(13)10-9(11)16;1-4(6)2-3-5(7)8/h1-2,4,6-8,12,14-15H,3H2,(H,10,13,16);2-3H2,1H3,(H,7,8)/t4-,6-,7-,8-;/m1./s1. The first-order chi connectivity index (χ1) is 11.7. The average molecular weight is 360 g/mol. The highest BCUT2D eigenvalue weighted by Gasteiger charge is 2.43. The molecule has 1 aromatic rings. The lowest BCUT2D eigenvalue weighted by atomic mass is 10.1. The van der Waals surface area contributed by atoms with Gasteiger partial charge in [-0.25, -0.2) is 4.79 Å². The second-order valence-corrected chi connectivity index (χ2v) is 5.34. The minimum atomic E-state index is -1.35. The van der Waals surface area contributed by atoms with Gasteiger partial charge in [-0.05, 0) is 6.92 Å². The molecule has 5 N–H and O–H groups in total. The Morgan fingerprint density at radius 2 is 1.88 bits per heavy atom. The topological polar surface area (TPSA) is 179 Å². The van der Waals surface area contributed by atoms with Gasteiger partial charge >= 0.3 is 11.7 Å². The zero-order valence-electron chi connectivity index (χ0n) is 13.4. The third-order valence-electron chi connectivity index (χ3n) is 3.33. The molecule has 1 aromatic heterocycles. The number of ether oxygens (including phenoxy) is 1. The largest absolute Gasteiger partial charge is 0.481 e. The summed E-state index contributed by atoms with van der Waals surface area (Å²) < 4.78 is 6.08. The molecule has 0 aromatic carbocycles. The van der Waals surface area contributed by atoms with Gasteiger partial charge in [-0.3, -0.25) is 19.1 Å². The Bertz CT molecular complexity index is 697. The van der Waals surface area contributed by atoms with Crippen molar-refractivity contribution in [3.63, 3.8) is 0 Å². The zero-order valence-corrected chi connectivity index (χ0v) is 13.4. The van der Waals surface area contributed by atoms with Crippen LogP contribution in [-0.4, -0.2) is 66.6 Å². The lowest BCUT2D eigenvalue weighted by Gasteiger charge is -2.16. The number of H-pyrrole nitrogens is 1. The number of carbonyl (C=O) groups is 2. The van der Waals surface area contributed by atoms with Crippen molar-refractivity contribution in [1.29, 1.82) is 0 Å². The fraction of sp³-hybridized carbons (Fsp3) is 0.571. The molecule has 1 aliphatic heterocycles. The Labute approximate surface area is 141 Å². The van der Waals surface area contributed by atoms with E-state index in [0.717, 1.165) is 16.8 Å². The quantitative estimate of drug-likeness (QED) is 0.382. The van der Waals surface area contributed by atoms with Crippen LogP contribution in [-0.2, 0) is 14.3 Å². The van der Waals surface area contributed by atoms with Gasteiger partial charge in [0.15, 0.2) is 6.23 Å². The fourth-order valence-corrected chi connectivity index (χ4v) is 2.02. The first kappa shape index (κ1) is 20.7. The predicted octanol–water partition coefficient (Wildman–Crippen LogP) is -2.41. The van der Waals surface area contributed by atoms with Gasteiger partial charge in [0, 0.05) is 18.7 Å². The highest BCUT2D eigenvalue weighted by molar-refractivity contribution is 5.80. The first-order valence-electron chi connectivity index (χ1n) is 7.32. The average Bonchev–Trinajstić information content (AvgIpc) is 2.81. The van der Waals surface area contributed by atoms with Gasteiger partial charge in [-0.15, -0.1) is 0 Å². The number of aromatic amines is 1. The summed E-state index contributed by atoms with van der Waals surface area (Å²) in [6.07, 6.45) is -3.48. The summed E-state index contributed by atoms with van der Waals surface area (Å²) in [6, 6.07) is 1.09. The number of aliphatic hydroxyl groups excluding tert-OH is 3. The molecule has 0 amide bonds. The van der Waals surface area contributed by atoms with E-state index in [4.69, 9.17) is 14.9 Å². The van der Waals surface area contributed by atoms with Gasteiger partial charge in [0.05, 0.1) is 13.0 Å². The maximum atomic E-state index is 11.4. The van der Waals surface area contributed by atoms with E-state index >= 15 is 0 Å². The first-order valence-corrected chi connectivity index (χ1v) is 7.32. The molecule has 0 unspecified atom stereocenters. The summed E-state index contributed by atoms with van der Waals surface area (Å²) in [6.45, 7) is 0.899. The van der Waals surface area contributed by atoms with Crippen LogP contribution in [0.15, 0.2) is 21.9 Å². The normalized spacial score (nSPS) is 25.1. The number of carboxylic acids is 1. The van der Waals surface area contributed by atoms with Crippen LogP contribution in [0, 0.1) is 0 Å². The van der Waals surface area contributed by atoms with Crippen LogP contribution in [0.1, 0.15) is 26.0 Å². The summed E-state index contributed by atoms with van der Waals surface area (Å²) in [7, 11) is 0. The third kappa shape index (κ3) is 5.90. The Kier molecular flexibility index (Phi) is 7.64. The van der Waals surface area contributed by atoms with E-state index in [2.05, 4.69) is 0 Å². The van der Waals surface area contributed by atoms with Crippen LogP contribution in [0.5, 0.6) is 0 Å². The SMILES string of the molecule is CC(=O)CCC(=O)O.O=c1ccn([C@@H]2O[C@H](CO)[C@@H](O)[C@H]2O)c(=O)[nH]1. The van der Waals surface area contributed by atoms with Gasteiger partial charge in [-0.1, -0.05) is 0 Å². The Morgan fingerprint density at radius 1 is 1.24 bits per heavy atom. The van der Waals surface area contributed by atoms with E-state index in [1.165, 1.54) is 6.92 Å². The number of nitrogens with zero attached hydrogens (tertiary/aromatic N) is 1. The summed E-state index contributed by atoms with van der Waals surface area (Å²) in [4.78, 5) is 44.1. The summed E-state index contributed by atoms with van der Waals surface area (Å²) in [5, 5.41) is 36.1. The molecule has 1 aliphatic rings. The van der Waals surface area contributed by atoms with Gasteiger partial charge in [0.1, 0.15) is 24.1 Å². The Morgan fingerprint density at radius 3 is 2.28 bits per heavy atom. The fourth-order valence-electron chi connectivity index (χ4n) is 2.02. The monoisotopic (exact) mass is 360 g/mol. The molecule has 2 rings (SSSR count). The maximum absolute atomic E-state index is 11.4. The molecular weight excluding hydrogens is 340 g/mol. The van der Waals surface area contributed by atoms with Crippen LogP contribution in [0.25, 0.3) is 0 Å². The summed E-state index contributed by atoms with van der Waals surface area (Å²) in [5.41, 5.74) is -1.33. The van der Waals surface area contributed by atoms with Gasteiger partial charge < -0.3 is 30.0 Å². The number of aliphatic carboxylic acids is 1. The smallest absolute Gasteiger partial charge is 0.330 e. The molecule has 0 spiro atoms. The number of carbonyl (C=O) groups excluding carboxylic acids is 1. The molecule has 0 saturated carbocycles. The van der Waals surface area contributed by atoms with Crippen LogP contribution in [0.3, 0.4) is 0 Å². The molecule has 1 saturated heterocycles. The van der Waals surface area contributed by atoms with Crippen LogP contribution in [0.2, 0.25) is 0 Å². The number of ketones is 1. The summed E-state index contributed by atoms with van der Waals surface area (Å²) in [5.74, 6) is -0.993. The van der Waals surface area contributed by atoms with Crippen LogP contribution >= 0.6 is 0 Å². The van der Waals surface area contributed by atoms with Crippen molar-refractivity contribution in [3.8, 4) is 0 Å². The van der Waals surface area contributed by atoms with Crippen molar-refractivity contribution < 1.29 is 34.8 Å². The number of hydrogen-bond acceptors (Lipinski definition) is 8. The molecule has 0 radical (unpaired) electrons. The lowest BCUT2D eigenvalue weighted by molar-refractivity contribution is -0.138. The number of hydrogen-bond donors (Lipinski definition) is 5. The molecule has 1 fully saturated rings. The second-order valence-electron chi connectivity index (χ2n) is 5.34. The van der Waals surface area contributed by atoms with E-state index in [9.17, 15) is 29.4 Å². The van der Waals surface area contributed by atoms with Crippen molar-refractivity contribution in [2.45, 2.75) is 44.3 Å². The molecule has 140 valence electrons. The van der Waals surface area contributed by atoms with Crippen LogP contribution < -0.4 is 11.2 Å². The number of rotatable bonds is 5. The number of aromatic nitrogens is 2. The molecular formula is C14H20N2O9. The van der Waals surface area contributed by atoms with Gasteiger partial charge in [0.25, 0.3) is 5.56 Å². The van der Waals surface area contributed by atoms with E-state index < -0.39 is 48.4 Å². The summed E-state index contributed by atoms with van der Waals surface area (Å²) >= 11 is 0. The predicted molar refractivity (Wildman–Crippen MR) is 81.9 cm³/mol. The number of carboxylic acid groups (broad SMARTS) is 1. The number of Topliss-reactive ketones (excluding diaryl/α,β-unsaturated/α-hetero) is 1. The molecule has 2 heterocycles. The van der Waals surface area contributed by atoms with E-state index in [1.54, 1.807) is 0 Å². The second kappa shape index (κ2) is 9.22. The maximum Gasteiger partial charge on any atom is 0.330 e. The molecule has 0 bridgehead atoms. The van der Waals surface area contributed by atoms with Gasteiger partial charge in [-0.2, -0.15) is 0 Å². The highest BCUT2D eigenvalue weighted by atomic mass is 16.6. The van der Waals surface area contributed by atoms with Crippen molar-refractivity contribution >= 4 is 11.8 Å². The van der Waals surface area contributed by atoms with Gasteiger partial charge in [0.2, 0.25) is 0 Å². The Hall–Kier alpha value is -2.34.